The summed E-state index contributed by atoms with van der Waals surface area (Å²) >= 11 is 0. The lowest BCUT2D eigenvalue weighted by Crippen LogP contribution is -2.25. The van der Waals surface area contributed by atoms with Crippen molar-refractivity contribution in [3.63, 3.8) is 0 Å². The normalized spacial score (nSPS) is 10.6. The molecule has 0 radical (unpaired) electrons. The number of methoxy groups -OCH3 is 1. The summed E-state index contributed by atoms with van der Waals surface area (Å²) in [7, 11) is 1.65. The van der Waals surface area contributed by atoms with Crippen LogP contribution >= 0.6 is 0 Å². The van der Waals surface area contributed by atoms with Gasteiger partial charge in [0.2, 0.25) is 0 Å². The minimum Gasteiger partial charge on any atom is -0.497 e. The number of hydrogen-bond acceptors (Lipinski definition) is 4. The molecular formula is C24H27N3O2. The first-order valence-corrected chi connectivity index (χ1v) is 9.79. The second-order valence-corrected chi connectivity index (χ2v) is 7.18. The van der Waals surface area contributed by atoms with Gasteiger partial charge in [0, 0.05) is 18.4 Å². The summed E-state index contributed by atoms with van der Waals surface area (Å²) in [4.78, 5) is 16.7. The Bertz CT molecular complexity index is 952. The third-order valence-corrected chi connectivity index (χ3v) is 4.72. The van der Waals surface area contributed by atoms with Crippen molar-refractivity contribution in [3.8, 4) is 5.75 Å². The van der Waals surface area contributed by atoms with E-state index < -0.39 is 0 Å². The van der Waals surface area contributed by atoms with Gasteiger partial charge in [0.15, 0.2) is 0 Å². The summed E-state index contributed by atoms with van der Waals surface area (Å²) < 4.78 is 5.16. The van der Waals surface area contributed by atoms with Gasteiger partial charge < -0.3 is 15.4 Å². The predicted octanol–water partition coefficient (Wildman–Crippen LogP) is 4.93. The van der Waals surface area contributed by atoms with Crippen molar-refractivity contribution in [2.75, 3.05) is 19.0 Å². The largest absolute Gasteiger partial charge is 0.497 e. The van der Waals surface area contributed by atoms with Crippen molar-refractivity contribution in [2.24, 2.45) is 0 Å². The average molecular weight is 389 g/mol. The van der Waals surface area contributed by atoms with Crippen molar-refractivity contribution < 1.29 is 9.53 Å². The highest BCUT2D eigenvalue weighted by atomic mass is 16.5. The molecule has 1 amide bonds. The Labute approximate surface area is 172 Å². The van der Waals surface area contributed by atoms with Crippen LogP contribution in [0.3, 0.4) is 0 Å². The number of hydrogen-bond donors (Lipinski definition) is 2. The smallest absolute Gasteiger partial charge is 0.252 e. The van der Waals surface area contributed by atoms with Gasteiger partial charge in [-0.05, 0) is 47.7 Å². The Balaban J connectivity index is 1.60. The number of nitrogens with zero attached hydrogens (tertiary/aromatic N) is 1. The Morgan fingerprint density at radius 1 is 1.07 bits per heavy atom. The molecule has 0 saturated heterocycles. The number of carbonyl (C=O) groups excluding carboxylic acids is 1. The molecule has 150 valence electrons. The van der Waals surface area contributed by atoms with Gasteiger partial charge >= 0.3 is 0 Å². The first-order valence-electron chi connectivity index (χ1n) is 9.79. The number of carbonyl (C=O) groups is 1. The van der Waals surface area contributed by atoms with Crippen LogP contribution in [-0.4, -0.2) is 24.5 Å². The minimum absolute atomic E-state index is 0.133. The number of aromatic nitrogens is 1. The van der Waals surface area contributed by atoms with Crippen LogP contribution in [0.15, 0.2) is 67.0 Å². The van der Waals surface area contributed by atoms with Crippen LogP contribution in [0.1, 0.15) is 41.3 Å². The number of para-hydroxylation sites is 1. The first-order chi connectivity index (χ1) is 14.1. The Morgan fingerprint density at radius 2 is 1.83 bits per heavy atom. The Hall–Kier alpha value is -3.34. The van der Waals surface area contributed by atoms with Gasteiger partial charge in [-0.15, -0.1) is 0 Å². The third-order valence-electron chi connectivity index (χ3n) is 4.72. The molecule has 1 aromatic heterocycles. The molecule has 1 heterocycles. The fourth-order valence-electron chi connectivity index (χ4n) is 3.12. The molecular weight excluding hydrogens is 362 g/mol. The van der Waals surface area contributed by atoms with E-state index in [0.29, 0.717) is 18.0 Å². The fraction of sp³-hybridized carbons (Fsp3) is 0.250. The standard InChI is InChI=1S/C24H27N3O2/c1-17(2)22-6-4-5-7-23(22)27-20-14-19(15-25-16-20)24(28)26-13-12-18-8-10-21(29-3)11-9-18/h4-11,14-17,27H,12-13H2,1-3H3,(H,26,28). The van der Waals surface area contributed by atoms with Crippen LogP contribution in [0.5, 0.6) is 5.75 Å². The van der Waals surface area contributed by atoms with Gasteiger partial charge in [-0.25, -0.2) is 0 Å². The first kappa shape index (κ1) is 20.4. The molecule has 2 aromatic carbocycles. The van der Waals surface area contributed by atoms with Crippen LogP contribution in [0.2, 0.25) is 0 Å². The van der Waals surface area contributed by atoms with Gasteiger partial charge in [0.05, 0.1) is 24.6 Å². The molecule has 3 aromatic rings. The number of pyridine rings is 1. The molecule has 0 aliphatic rings. The number of benzene rings is 2. The van der Waals surface area contributed by atoms with Crippen LogP contribution in [0.4, 0.5) is 11.4 Å². The summed E-state index contributed by atoms with van der Waals surface area (Å²) in [6, 6.07) is 17.9. The maximum Gasteiger partial charge on any atom is 0.252 e. The fourth-order valence-corrected chi connectivity index (χ4v) is 3.12. The molecule has 0 saturated carbocycles. The van der Waals surface area contributed by atoms with Crippen LogP contribution in [0, 0.1) is 0 Å². The molecule has 0 atom stereocenters. The zero-order valence-electron chi connectivity index (χ0n) is 17.1. The maximum absolute atomic E-state index is 12.5. The van der Waals surface area contributed by atoms with E-state index in [9.17, 15) is 4.79 Å². The second kappa shape index (κ2) is 9.73. The predicted molar refractivity (Wildman–Crippen MR) is 117 cm³/mol. The third kappa shape index (κ3) is 5.57. The SMILES string of the molecule is COc1ccc(CCNC(=O)c2cncc(Nc3ccccc3C(C)C)c2)cc1. The average Bonchev–Trinajstić information content (AvgIpc) is 2.74. The second-order valence-electron chi connectivity index (χ2n) is 7.18. The van der Waals surface area contributed by atoms with E-state index in [-0.39, 0.29) is 5.91 Å². The van der Waals surface area contributed by atoms with E-state index in [2.05, 4.69) is 35.5 Å². The molecule has 0 spiro atoms. The lowest BCUT2D eigenvalue weighted by Gasteiger charge is -2.15. The number of anilines is 2. The maximum atomic E-state index is 12.5. The molecule has 29 heavy (non-hydrogen) atoms. The topological polar surface area (TPSA) is 63.2 Å². The number of nitrogens with one attached hydrogen (secondary N) is 2. The highest BCUT2D eigenvalue weighted by Gasteiger charge is 2.09. The van der Waals surface area contributed by atoms with Crippen molar-refractivity contribution in [1.29, 1.82) is 0 Å². The van der Waals surface area contributed by atoms with Crippen LogP contribution < -0.4 is 15.4 Å². The highest BCUT2D eigenvalue weighted by molar-refractivity contribution is 5.94. The van der Waals surface area contributed by atoms with E-state index in [0.717, 1.165) is 29.1 Å². The minimum atomic E-state index is -0.133. The zero-order valence-corrected chi connectivity index (χ0v) is 17.1. The van der Waals surface area contributed by atoms with E-state index in [1.165, 1.54) is 5.56 Å². The van der Waals surface area contributed by atoms with Gasteiger partial charge in [0.25, 0.3) is 5.91 Å². The van der Waals surface area contributed by atoms with E-state index in [1.54, 1.807) is 19.5 Å². The molecule has 0 aliphatic heterocycles. The van der Waals surface area contributed by atoms with Crippen LogP contribution in [-0.2, 0) is 6.42 Å². The molecule has 5 heteroatoms. The molecule has 0 aliphatic carbocycles. The number of amides is 1. The molecule has 0 unspecified atom stereocenters. The Morgan fingerprint density at radius 3 is 2.55 bits per heavy atom. The van der Waals surface area contributed by atoms with Gasteiger partial charge in [-0.2, -0.15) is 0 Å². The van der Waals surface area contributed by atoms with E-state index >= 15 is 0 Å². The summed E-state index contributed by atoms with van der Waals surface area (Å²) in [6.07, 6.45) is 4.07. The highest BCUT2D eigenvalue weighted by Crippen LogP contribution is 2.26. The van der Waals surface area contributed by atoms with Gasteiger partial charge in [-0.1, -0.05) is 44.2 Å². The number of rotatable bonds is 8. The number of ether oxygens (including phenoxy) is 1. The molecule has 5 nitrogen and oxygen atoms in total. The lowest BCUT2D eigenvalue weighted by atomic mass is 10.0. The van der Waals surface area contributed by atoms with Crippen molar-refractivity contribution in [2.45, 2.75) is 26.2 Å². The lowest BCUT2D eigenvalue weighted by molar-refractivity contribution is 0.0954. The summed E-state index contributed by atoms with van der Waals surface area (Å²) in [6.45, 7) is 4.87. The summed E-state index contributed by atoms with van der Waals surface area (Å²) in [5.41, 5.74) is 4.72. The molecule has 0 fully saturated rings. The van der Waals surface area contributed by atoms with Gasteiger partial charge in [0.1, 0.15) is 5.75 Å². The molecule has 2 N–H and O–H groups in total. The van der Waals surface area contributed by atoms with Crippen molar-refractivity contribution >= 4 is 17.3 Å². The molecule has 0 bridgehead atoms. The monoisotopic (exact) mass is 389 g/mol. The Kier molecular flexibility index (Phi) is 6.85. The molecule has 3 rings (SSSR count). The van der Waals surface area contributed by atoms with Crippen molar-refractivity contribution in [3.05, 3.63) is 83.7 Å². The summed E-state index contributed by atoms with van der Waals surface area (Å²) in [5.74, 6) is 1.09. The van der Waals surface area contributed by atoms with Crippen LogP contribution in [0.25, 0.3) is 0 Å². The zero-order chi connectivity index (χ0) is 20.6. The van der Waals surface area contributed by atoms with E-state index in [1.807, 2.05) is 48.5 Å². The van der Waals surface area contributed by atoms with E-state index in [4.69, 9.17) is 4.74 Å². The van der Waals surface area contributed by atoms with Crippen molar-refractivity contribution in [1.82, 2.24) is 10.3 Å². The van der Waals surface area contributed by atoms with Gasteiger partial charge in [-0.3, -0.25) is 9.78 Å². The quantitative estimate of drug-likeness (QED) is 0.573. The summed E-state index contributed by atoms with van der Waals surface area (Å²) in [5, 5.41) is 6.35.